The third-order valence-corrected chi connectivity index (χ3v) is 5.97. The van der Waals surface area contributed by atoms with Crippen LogP contribution >= 0.6 is 0 Å². The Hall–Kier alpha value is -2.18. The van der Waals surface area contributed by atoms with Gasteiger partial charge in [-0.25, -0.2) is 4.79 Å². The molecule has 6 nitrogen and oxygen atoms in total. The molecule has 1 spiro atoms. The monoisotopic (exact) mass is 339 g/mol. The van der Waals surface area contributed by atoms with Crippen LogP contribution in [0.4, 0.5) is 5.82 Å². The van der Waals surface area contributed by atoms with Gasteiger partial charge in [-0.2, -0.15) is 4.98 Å². The van der Waals surface area contributed by atoms with Gasteiger partial charge >= 0.3 is 5.69 Å². The lowest BCUT2D eigenvalue weighted by Gasteiger charge is -2.61. The molecule has 2 fully saturated rings. The SMILES string of the molecule is CC(Cc1ccc(-n2ccc(N)nc2=O)cc1)N1CC2(CCC2N)C1. The van der Waals surface area contributed by atoms with Crippen molar-refractivity contribution < 1.29 is 0 Å². The van der Waals surface area contributed by atoms with Gasteiger partial charge in [0.25, 0.3) is 0 Å². The fourth-order valence-corrected chi connectivity index (χ4v) is 4.06. The number of likely N-dealkylation sites (tertiary alicyclic amines) is 1. The number of benzene rings is 1. The fraction of sp³-hybridized carbons (Fsp3) is 0.474. The average molecular weight is 339 g/mol. The summed E-state index contributed by atoms with van der Waals surface area (Å²) in [6.07, 6.45) is 5.13. The zero-order valence-electron chi connectivity index (χ0n) is 14.6. The fourth-order valence-electron chi connectivity index (χ4n) is 4.06. The molecule has 6 heteroatoms. The maximum atomic E-state index is 11.9. The number of nitrogens with zero attached hydrogens (tertiary/aromatic N) is 3. The van der Waals surface area contributed by atoms with Gasteiger partial charge in [-0.1, -0.05) is 12.1 Å². The molecule has 0 radical (unpaired) electrons. The van der Waals surface area contributed by atoms with Crippen LogP contribution in [0.1, 0.15) is 25.3 Å². The zero-order valence-corrected chi connectivity index (χ0v) is 14.6. The summed E-state index contributed by atoms with van der Waals surface area (Å²) in [6.45, 7) is 4.55. The van der Waals surface area contributed by atoms with Crippen molar-refractivity contribution in [3.63, 3.8) is 0 Å². The summed E-state index contributed by atoms with van der Waals surface area (Å²) < 4.78 is 1.50. The molecule has 2 unspecified atom stereocenters. The van der Waals surface area contributed by atoms with Crippen molar-refractivity contribution >= 4 is 5.82 Å². The van der Waals surface area contributed by atoms with Gasteiger partial charge in [0.05, 0.1) is 5.69 Å². The highest BCUT2D eigenvalue weighted by atomic mass is 16.1. The van der Waals surface area contributed by atoms with Crippen molar-refractivity contribution in [3.8, 4) is 5.69 Å². The summed E-state index contributed by atoms with van der Waals surface area (Å²) in [4.78, 5) is 18.2. The number of nitrogens with two attached hydrogens (primary N) is 2. The first kappa shape index (κ1) is 16.3. The van der Waals surface area contributed by atoms with Gasteiger partial charge in [0.2, 0.25) is 0 Å². The van der Waals surface area contributed by atoms with Crippen molar-refractivity contribution in [2.75, 3.05) is 18.8 Å². The normalized spacial score (nSPS) is 23.0. The Balaban J connectivity index is 1.40. The Kier molecular flexibility index (Phi) is 3.89. The topological polar surface area (TPSA) is 90.2 Å². The third kappa shape index (κ3) is 2.85. The Labute approximate surface area is 147 Å². The standard InChI is InChI=1S/C19H25N5O/c1-13(23-11-19(12-23)8-6-16(19)20)10-14-2-4-15(5-3-14)24-9-7-17(21)22-18(24)25/h2-5,7,9,13,16H,6,8,10-12,20H2,1H3,(H2,21,22,25). The van der Waals surface area contributed by atoms with Gasteiger partial charge in [0, 0.05) is 36.8 Å². The molecule has 2 heterocycles. The van der Waals surface area contributed by atoms with Crippen molar-refractivity contribution in [2.45, 2.75) is 38.3 Å². The van der Waals surface area contributed by atoms with Crippen LogP contribution in [0.5, 0.6) is 0 Å². The quantitative estimate of drug-likeness (QED) is 0.873. The molecule has 4 N–H and O–H groups in total. The van der Waals surface area contributed by atoms with Gasteiger partial charge in [-0.05, 0) is 49.9 Å². The highest BCUT2D eigenvalue weighted by Crippen LogP contribution is 2.48. The molecule has 0 bridgehead atoms. The van der Waals surface area contributed by atoms with Gasteiger partial charge in [-0.15, -0.1) is 0 Å². The lowest BCUT2D eigenvalue weighted by atomic mass is 9.59. The Morgan fingerprint density at radius 2 is 2.00 bits per heavy atom. The lowest BCUT2D eigenvalue weighted by molar-refractivity contribution is -0.0951. The minimum Gasteiger partial charge on any atom is -0.383 e. The molecule has 1 aromatic carbocycles. The molecule has 1 saturated heterocycles. The molecule has 1 aliphatic carbocycles. The largest absolute Gasteiger partial charge is 0.383 e. The molecular weight excluding hydrogens is 314 g/mol. The first-order valence-corrected chi connectivity index (χ1v) is 8.91. The van der Waals surface area contributed by atoms with Crippen LogP contribution in [0.3, 0.4) is 0 Å². The van der Waals surface area contributed by atoms with Crippen LogP contribution in [0.15, 0.2) is 41.3 Å². The van der Waals surface area contributed by atoms with Crippen molar-refractivity contribution in [2.24, 2.45) is 11.1 Å². The van der Waals surface area contributed by atoms with E-state index in [0.29, 0.717) is 17.5 Å². The van der Waals surface area contributed by atoms with E-state index in [4.69, 9.17) is 11.5 Å². The van der Waals surface area contributed by atoms with E-state index >= 15 is 0 Å². The first-order chi connectivity index (χ1) is 12.0. The number of hydrogen-bond donors (Lipinski definition) is 2. The number of aromatic nitrogens is 2. The second-order valence-electron chi connectivity index (χ2n) is 7.64. The van der Waals surface area contributed by atoms with Crippen LogP contribution in [0.25, 0.3) is 5.69 Å². The summed E-state index contributed by atoms with van der Waals surface area (Å²) in [7, 11) is 0. The summed E-state index contributed by atoms with van der Waals surface area (Å²) in [5.41, 5.74) is 13.8. The molecule has 132 valence electrons. The van der Waals surface area contributed by atoms with Crippen LogP contribution in [-0.4, -0.2) is 39.6 Å². The molecule has 1 aliphatic heterocycles. The molecule has 2 aromatic rings. The minimum absolute atomic E-state index is 0.241. The number of anilines is 1. The van der Waals surface area contributed by atoms with Crippen LogP contribution in [0, 0.1) is 5.41 Å². The predicted molar refractivity (Wildman–Crippen MR) is 98.6 cm³/mol. The summed E-state index contributed by atoms with van der Waals surface area (Å²) in [5, 5.41) is 0. The van der Waals surface area contributed by atoms with E-state index in [-0.39, 0.29) is 11.5 Å². The van der Waals surface area contributed by atoms with Gasteiger partial charge < -0.3 is 11.5 Å². The van der Waals surface area contributed by atoms with Gasteiger partial charge in [-0.3, -0.25) is 9.47 Å². The van der Waals surface area contributed by atoms with Crippen LogP contribution in [0.2, 0.25) is 0 Å². The minimum atomic E-state index is -0.358. The van der Waals surface area contributed by atoms with E-state index in [9.17, 15) is 4.79 Å². The highest BCUT2D eigenvalue weighted by Gasteiger charge is 2.53. The van der Waals surface area contributed by atoms with E-state index in [2.05, 4.69) is 28.9 Å². The first-order valence-electron chi connectivity index (χ1n) is 8.91. The second kappa shape index (κ2) is 5.97. The van der Waals surface area contributed by atoms with Crippen molar-refractivity contribution in [3.05, 3.63) is 52.6 Å². The molecular formula is C19H25N5O. The molecule has 2 aliphatic rings. The predicted octanol–water partition coefficient (Wildman–Crippen LogP) is 1.17. The summed E-state index contributed by atoms with van der Waals surface area (Å²) in [5.74, 6) is 0.241. The Bertz CT molecular complexity index is 822. The van der Waals surface area contributed by atoms with E-state index in [0.717, 1.165) is 25.2 Å². The smallest absolute Gasteiger partial charge is 0.354 e. The molecule has 0 amide bonds. The maximum Gasteiger partial charge on any atom is 0.354 e. The molecule has 4 rings (SSSR count). The summed E-state index contributed by atoms with van der Waals surface area (Å²) in [6, 6.07) is 10.6. The average Bonchev–Trinajstić information content (AvgIpc) is 2.53. The Morgan fingerprint density at radius 1 is 1.28 bits per heavy atom. The molecule has 2 atom stereocenters. The van der Waals surface area contributed by atoms with Gasteiger partial charge in [0.15, 0.2) is 0 Å². The lowest BCUT2D eigenvalue weighted by Crippen LogP contribution is -2.70. The van der Waals surface area contributed by atoms with Crippen molar-refractivity contribution in [1.29, 1.82) is 0 Å². The number of nitrogen functional groups attached to an aromatic ring is 1. The number of rotatable bonds is 4. The van der Waals surface area contributed by atoms with E-state index in [1.807, 2.05) is 12.1 Å². The summed E-state index contributed by atoms with van der Waals surface area (Å²) >= 11 is 0. The third-order valence-electron chi connectivity index (χ3n) is 5.97. The van der Waals surface area contributed by atoms with Crippen LogP contribution in [-0.2, 0) is 6.42 Å². The van der Waals surface area contributed by atoms with E-state index in [1.54, 1.807) is 12.3 Å². The maximum absolute atomic E-state index is 11.9. The second-order valence-corrected chi connectivity index (χ2v) is 7.64. The number of hydrogen-bond acceptors (Lipinski definition) is 5. The zero-order chi connectivity index (χ0) is 17.6. The highest BCUT2D eigenvalue weighted by molar-refractivity contribution is 5.36. The van der Waals surface area contributed by atoms with Crippen molar-refractivity contribution in [1.82, 2.24) is 14.5 Å². The molecule has 25 heavy (non-hydrogen) atoms. The van der Waals surface area contributed by atoms with Gasteiger partial charge in [0.1, 0.15) is 5.82 Å². The van der Waals surface area contributed by atoms with E-state index < -0.39 is 0 Å². The molecule has 1 aromatic heterocycles. The molecule has 1 saturated carbocycles. The van der Waals surface area contributed by atoms with E-state index in [1.165, 1.54) is 23.0 Å². The van der Waals surface area contributed by atoms with Crippen LogP contribution < -0.4 is 17.2 Å². The Morgan fingerprint density at radius 3 is 2.56 bits per heavy atom.